The summed E-state index contributed by atoms with van der Waals surface area (Å²) in [6.45, 7) is -0.372. The van der Waals surface area contributed by atoms with Crippen molar-refractivity contribution in [3.05, 3.63) is 36.2 Å². The van der Waals surface area contributed by atoms with Gasteiger partial charge in [0, 0.05) is 6.20 Å². The molecule has 0 saturated heterocycles. The molecule has 5 heteroatoms. The van der Waals surface area contributed by atoms with Gasteiger partial charge in [0.2, 0.25) is 0 Å². The molecule has 0 bridgehead atoms. The van der Waals surface area contributed by atoms with Crippen LogP contribution in [-0.4, -0.2) is 27.4 Å². The Kier molecular flexibility index (Phi) is 2.16. The molecule has 2 aromatic heterocycles. The molecule has 0 fully saturated rings. The molecule has 0 unspecified atom stereocenters. The first kappa shape index (κ1) is 8.71. The van der Waals surface area contributed by atoms with Crippen molar-refractivity contribution in [2.75, 3.05) is 6.73 Å². The molecular weight excluding hydrogens is 182 g/mol. The molecule has 0 saturated carbocycles. The second-order valence-electron chi connectivity index (χ2n) is 2.75. The van der Waals surface area contributed by atoms with E-state index >= 15 is 0 Å². The first-order chi connectivity index (χ1) is 6.83. The zero-order valence-electron chi connectivity index (χ0n) is 7.34. The predicted octanol–water partition coefficient (Wildman–Crippen LogP) is 0.0139. The first-order valence-corrected chi connectivity index (χ1v) is 4.14. The Morgan fingerprint density at radius 2 is 2.43 bits per heavy atom. The predicted molar refractivity (Wildman–Crippen MR) is 49.7 cm³/mol. The highest BCUT2D eigenvalue weighted by Gasteiger charge is 2.10. The van der Waals surface area contributed by atoms with Gasteiger partial charge in [-0.25, -0.2) is 4.52 Å². The number of rotatable bonds is 2. The van der Waals surface area contributed by atoms with Gasteiger partial charge in [-0.15, -0.1) is 0 Å². The lowest BCUT2D eigenvalue weighted by molar-refractivity contribution is 0.0912. The van der Waals surface area contributed by atoms with Crippen molar-refractivity contribution in [1.82, 2.24) is 14.9 Å². The lowest BCUT2D eigenvalue weighted by atomic mass is 10.2. The van der Waals surface area contributed by atoms with Gasteiger partial charge in [0.05, 0.1) is 17.3 Å². The van der Waals surface area contributed by atoms with E-state index in [9.17, 15) is 4.79 Å². The van der Waals surface area contributed by atoms with Crippen molar-refractivity contribution in [2.45, 2.75) is 0 Å². The molecule has 0 radical (unpaired) electrons. The molecule has 0 aliphatic rings. The molecule has 72 valence electrons. The number of nitrogens with zero attached hydrogens (tertiary/aromatic N) is 2. The Bertz CT molecular complexity index is 464. The van der Waals surface area contributed by atoms with Crippen LogP contribution in [0.5, 0.6) is 0 Å². The van der Waals surface area contributed by atoms with E-state index in [0.29, 0.717) is 5.56 Å². The minimum absolute atomic E-state index is 0.325. The van der Waals surface area contributed by atoms with Gasteiger partial charge >= 0.3 is 0 Å². The Morgan fingerprint density at radius 1 is 1.57 bits per heavy atom. The van der Waals surface area contributed by atoms with Gasteiger partial charge in [-0.3, -0.25) is 4.79 Å². The number of hydrogen-bond donors (Lipinski definition) is 2. The highest BCUT2D eigenvalue weighted by Crippen LogP contribution is 2.08. The topological polar surface area (TPSA) is 66.6 Å². The summed E-state index contributed by atoms with van der Waals surface area (Å²) in [6.07, 6.45) is 3.23. The molecule has 14 heavy (non-hydrogen) atoms. The minimum Gasteiger partial charge on any atom is -0.376 e. The van der Waals surface area contributed by atoms with Crippen LogP contribution in [-0.2, 0) is 0 Å². The first-order valence-electron chi connectivity index (χ1n) is 4.14. The van der Waals surface area contributed by atoms with Crippen molar-refractivity contribution >= 4 is 11.4 Å². The summed E-state index contributed by atoms with van der Waals surface area (Å²) in [7, 11) is 0. The van der Waals surface area contributed by atoms with E-state index in [4.69, 9.17) is 5.11 Å². The fourth-order valence-electron chi connectivity index (χ4n) is 1.28. The van der Waals surface area contributed by atoms with E-state index in [0.717, 1.165) is 5.52 Å². The average Bonchev–Trinajstić information content (AvgIpc) is 2.61. The summed E-state index contributed by atoms with van der Waals surface area (Å²) in [5.41, 5.74) is 1.18. The van der Waals surface area contributed by atoms with Gasteiger partial charge in [-0.2, -0.15) is 5.10 Å². The number of carbonyl (C=O) groups is 1. The van der Waals surface area contributed by atoms with Gasteiger partial charge in [0.1, 0.15) is 6.73 Å². The maximum Gasteiger partial charge on any atom is 0.256 e. The van der Waals surface area contributed by atoms with Crippen molar-refractivity contribution in [2.24, 2.45) is 0 Å². The Hall–Kier alpha value is -1.88. The van der Waals surface area contributed by atoms with Gasteiger partial charge in [0.25, 0.3) is 5.91 Å². The maximum atomic E-state index is 11.4. The lowest BCUT2D eigenvalue weighted by Gasteiger charge is -1.98. The molecule has 0 aliphatic carbocycles. The SMILES string of the molecule is O=C(NCO)c1cnn2ccccc12. The second-order valence-corrected chi connectivity index (χ2v) is 2.75. The van der Waals surface area contributed by atoms with Crippen LogP contribution in [0.3, 0.4) is 0 Å². The summed E-state index contributed by atoms with van der Waals surface area (Å²) < 4.78 is 1.60. The van der Waals surface area contributed by atoms with Gasteiger partial charge in [-0.1, -0.05) is 6.07 Å². The number of nitrogens with one attached hydrogen (secondary N) is 1. The fraction of sp³-hybridized carbons (Fsp3) is 0.111. The highest BCUT2D eigenvalue weighted by molar-refractivity contribution is 6.00. The summed E-state index contributed by atoms with van der Waals surface area (Å²) in [5.74, 6) is -0.325. The van der Waals surface area contributed by atoms with Crippen LogP contribution in [0.1, 0.15) is 10.4 Å². The largest absolute Gasteiger partial charge is 0.376 e. The summed E-state index contributed by atoms with van der Waals surface area (Å²) in [6, 6.07) is 5.44. The van der Waals surface area contributed by atoms with Crippen LogP contribution in [0.2, 0.25) is 0 Å². The van der Waals surface area contributed by atoms with Crippen LogP contribution in [0.15, 0.2) is 30.6 Å². The third-order valence-electron chi connectivity index (χ3n) is 1.91. The van der Waals surface area contributed by atoms with Crippen LogP contribution >= 0.6 is 0 Å². The third-order valence-corrected chi connectivity index (χ3v) is 1.91. The molecule has 2 rings (SSSR count). The van der Waals surface area contributed by atoms with Crippen LogP contribution in [0, 0.1) is 0 Å². The minimum atomic E-state index is -0.372. The van der Waals surface area contributed by atoms with Gasteiger partial charge in [-0.05, 0) is 12.1 Å². The molecule has 1 amide bonds. The molecule has 0 aromatic carbocycles. The van der Waals surface area contributed by atoms with Gasteiger partial charge in [0.15, 0.2) is 0 Å². The standard InChI is InChI=1S/C9H9N3O2/c13-6-10-9(14)7-5-11-12-4-2-1-3-8(7)12/h1-5,13H,6H2,(H,10,14). The van der Waals surface area contributed by atoms with E-state index in [2.05, 4.69) is 10.4 Å². The summed E-state index contributed by atoms with van der Waals surface area (Å²) in [5, 5.41) is 14.8. The number of carbonyl (C=O) groups excluding carboxylic acids is 1. The molecule has 2 heterocycles. The third kappa shape index (κ3) is 1.33. The second kappa shape index (κ2) is 3.47. The molecule has 2 aromatic rings. The van der Waals surface area contributed by atoms with Gasteiger partial charge < -0.3 is 10.4 Å². The smallest absolute Gasteiger partial charge is 0.256 e. The fourth-order valence-corrected chi connectivity index (χ4v) is 1.28. The summed E-state index contributed by atoms with van der Waals surface area (Å²) >= 11 is 0. The average molecular weight is 191 g/mol. The Labute approximate surface area is 80.0 Å². The van der Waals surface area contributed by atoms with E-state index < -0.39 is 0 Å². The van der Waals surface area contributed by atoms with Crippen molar-refractivity contribution < 1.29 is 9.90 Å². The number of amides is 1. The normalized spacial score (nSPS) is 10.4. The summed E-state index contributed by atoms with van der Waals surface area (Å²) in [4.78, 5) is 11.4. The molecule has 5 nitrogen and oxygen atoms in total. The lowest BCUT2D eigenvalue weighted by Crippen LogP contribution is -2.23. The van der Waals surface area contributed by atoms with Crippen LogP contribution < -0.4 is 5.32 Å². The quantitative estimate of drug-likeness (QED) is 0.657. The molecule has 2 N–H and O–H groups in total. The number of aromatic nitrogens is 2. The molecule has 0 atom stereocenters. The number of hydrogen-bond acceptors (Lipinski definition) is 3. The van der Waals surface area contributed by atoms with E-state index in [-0.39, 0.29) is 12.6 Å². The van der Waals surface area contributed by atoms with Crippen molar-refractivity contribution in [3.8, 4) is 0 Å². The van der Waals surface area contributed by atoms with E-state index in [1.54, 1.807) is 16.8 Å². The van der Waals surface area contributed by atoms with Crippen molar-refractivity contribution in [1.29, 1.82) is 0 Å². The zero-order chi connectivity index (χ0) is 9.97. The van der Waals surface area contributed by atoms with Crippen LogP contribution in [0.4, 0.5) is 0 Å². The number of aliphatic hydroxyl groups excluding tert-OH is 1. The zero-order valence-corrected chi connectivity index (χ0v) is 7.34. The Morgan fingerprint density at radius 3 is 3.21 bits per heavy atom. The maximum absolute atomic E-state index is 11.4. The Balaban J connectivity index is 2.47. The highest BCUT2D eigenvalue weighted by atomic mass is 16.3. The number of pyridine rings is 1. The van der Waals surface area contributed by atoms with Crippen molar-refractivity contribution in [3.63, 3.8) is 0 Å². The van der Waals surface area contributed by atoms with E-state index in [1.165, 1.54) is 6.20 Å². The molecular formula is C9H9N3O2. The van der Waals surface area contributed by atoms with E-state index in [1.807, 2.05) is 12.1 Å². The molecule has 0 aliphatic heterocycles. The van der Waals surface area contributed by atoms with Crippen LogP contribution in [0.25, 0.3) is 5.52 Å². The molecule has 0 spiro atoms. The number of aliphatic hydroxyl groups is 1. The monoisotopic (exact) mass is 191 g/mol. The number of fused-ring (bicyclic) bond motifs is 1.